The van der Waals surface area contributed by atoms with Crippen molar-refractivity contribution < 1.29 is 19.1 Å². The molecule has 0 aromatic heterocycles. The van der Waals surface area contributed by atoms with E-state index in [1.165, 1.54) is 13.2 Å². The van der Waals surface area contributed by atoms with Gasteiger partial charge in [0.15, 0.2) is 24.4 Å². The molecule has 0 bridgehead atoms. The molecule has 1 N–H and O–H groups in total. The van der Waals surface area contributed by atoms with Crippen LogP contribution in [0, 0.1) is 13.8 Å². The molecule has 24 heavy (non-hydrogen) atoms. The molecule has 0 aliphatic heterocycles. The van der Waals surface area contributed by atoms with Crippen LogP contribution in [-0.4, -0.2) is 25.9 Å². The van der Waals surface area contributed by atoms with E-state index in [9.17, 15) is 9.59 Å². The SMILES string of the molecule is COc1cc(Br)c(C=O)cc1OCC(=O)Nc1ccc(C)cc1C. The van der Waals surface area contributed by atoms with E-state index in [4.69, 9.17) is 9.47 Å². The maximum atomic E-state index is 12.1. The van der Waals surface area contributed by atoms with Gasteiger partial charge < -0.3 is 14.8 Å². The topological polar surface area (TPSA) is 64.6 Å². The van der Waals surface area contributed by atoms with Crippen molar-refractivity contribution in [2.75, 3.05) is 19.0 Å². The van der Waals surface area contributed by atoms with Crippen molar-refractivity contribution in [3.8, 4) is 11.5 Å². The lowest BCUT2D eigenvalue weighted by Crippen LogP contribution is -2.21. The Morgan fingerprint density at radius 3 is 2.58 bits per heavy atom. The number of amides is 1. The van der Waals surface area contributed by atoms with Crippen LogP contribution >= 0.6 is 15.9 Å². The molecule has 0 aliphatic carbocycles. The van der Waals surface area contributed by atoms with Gasteiger partial charge in [0.05, 0.1) is 7.11 Å². The van der Waals surface area contributed by atoms with Gasteiger partial charge in [-0.15, -0.1) is 0 Å². The van der Waals surface area contributed by atoms with Crippen molar-refractivity contribution in [3.05, 3.63) is 51.5 Å². The summed E-state index contributed by atoms with van der Waals surface area (Å²) in [6.07, 6.45) is 0.701. The number of hydrogen-bond donors (Lipinski definition) is 1. The van der Waals surface area contributed by atoms with Crippen molar-refractivity contribution in [1.29, 1.82) is 0 Å². The van der Waals surface area contributed by atoms with Gasteiger partial charge in [0.2, 0.25) is 0 Å². The summed E-state index contributed by atoms with van der Waals surface area (Å²) in [6.45, 7) is 3.73. The summed E-state index contributed by atoms with van der Waals surface area (Å²) in [4.78, 5) is 23.1. The Morgan fingerprint density at radius 2 is 1.96 bits per heavy atom. The molecule has 1 amide bonds. The molecular formula is C18H18BrNO4. The molecule has 126 valence electrons. The highest BCUT2D eigenvalue weighted by Crippen LogP contribution is 2.32. The van der Waals surface area contributed by atoms with Crippen LogP contribution < -0.4 is 14.8 Å². The van der Waals surface area contributed by atoms with Crippen molar-refractivity contribution in [2.45, 2.75) is 13.8 Å². The van der Waals surface area contributed by atoms with Crippen molar-refractivity contribution in [3.63, 3.8) is 0 Å². The first-order valence-electron chi connectivity index (χ1n) is 7.27. The van der Waals surface area contributed by atoms with Gasteiger partial charge in [-0.05, 0) is 53.5 Å². The van der Waals surface area contributed by atoms with Crippen LogP contribution in [0.1, 0.15) is 21.5 Å². The van der Waals surface area contributed by atoms with Gasteiger partial charge in [-0.3, -0.25) is 9.59 Å². The standard InChI is InChI=1S/C18H18BrNO4/c1-11-4-5-15(12(2)6-11)20-18(22)10-24-17-7-13(9-21)14(19)8-16(17)23-3/h4-9H,10H2,1-3H3,(H,20,22). The number of ether oxygens (including phenoxy) is 2. The average molecular weight is 392 g/mol. The molecule has 2 aromatic carbocycles. The second-order valence-corrected chi connectivity index (χ2v) is 6.15. The van der Waals surface area contributed by atoms with Crippen LogP contribution in [0.3, 0.4) is 0 Å². The van der Waals surface area contributed by atoms with Gasteiger partial charge in [0.25, 0.3) is 5.91 Å². The first kappa shape index (κ1) is 18.0. The summed E-state index contributed by atoms with van der Waals surface area (Å²) in [5, 5.41) is 2.80. The summed E-state index contributed by atoms with van der Waals surface area (Å²) in [5.41, 5.74) is 3.27. The molecule has 0 heterocycles. The highest BCUT2D eigenvalue weighted by Gasteiger charge is 2.12. The minimum Gasteiger partial charge on any atom is -0.493 e. The molecule has 6 heteroatoms. The van der Waals surface area contributed by atoms with Crippen LogP contribution in [0.4, 0.5) is 5.69 Å². The highest BCUT2D eigenvalue weighted by atomic mass is 79.9. The Labute approximate surface area is 149 Å². The second-order valence-electron chi connectivity index (χ2n) is 5.30. The second kappa shape index (κ2) is 7.97. The number of halogens is 1. The highest BCUT2D eigenvalue weighted by molar-refractivity contribution is 9.10. The van der Waals surface area contributed by atoms with E-state index in [2.05, 4.69) is 21.2 Å². The summed E-state index contributed by atoms with van der Waals surface area (Å²) in [5.74, 6) is 0.477. The smallest absolute Gasteiger partial charge is 0.262 e. The lowest BCUT2D eigenvalue weighted by Gasteiger charge is -2.13. The average Bonchev–Trinajstić information content (AvgIpc) is 2.55. The van der Waals surface area contributed by atoms with Crippen LogP contribution in [0.15, 0.2) is 34.8 Å². The third kappa shape index (κ3) is 4.35. The summed E-state index contributed by atoms with van der Waals surface area (Å²) >= 11 is 3.27. The molecule has 2 aromatic rings. The molecule has 0 unspecified atom stereocenters. The number of benzene rings is 2. The number of carbonyl (C=O) groups is 2. The first-order chi connectivity index (χ1) is 11.4. The molecular weight excluding hydrogens is 374 g/mol. The fourth-order valence-electron chi connectivity index (χ4n) is 2.20. The fourth-order valence-corrected chi connectivity index (χ4v) is 2.61. The van der Waals surface area contributed by atoms with E-state index >= 15 is 0 Å². The van der Waals surface area contributed by atoms with Crippen LogP contribution in [-0.2, 0) is 4.79 Å². The molecule has 2 rings (SSSR count). The van der Waals surface area contributed by atoms with E-state index in [0.29, 0.717) is 27.8 Å². The molecule has 0 aliphatic rings. The normalized spacial score (nSPS) is 10.2. The Morgan fingerprint density at radius 1 is 1.21 bits per heavy atom. The Bertz CT molecular complexity index is 774. The van der Waals surface area contributed by atoms with Crippen molar-refractivity contribution in [1.82, 2.24) is 0 Å². The van der Waals surface area contributed by atoms with E-state index in [1.54, 1.807) is 6.07 Å². The predicted octanol–water partition coefficient (Wildman–Crippen LogP) is 3.90. The minimum absolute atomic E-state index is 0.191. The maximum Gasteiger partial charge on any atom is 0.262 e. The number of aldehydes is 1. The molecule has 0 fully saturated rings. The number of hydrogen-bond acceptors (Lipinski definition) is 4. The van der Waals surface area contributed by atoms with E-state index in [-0.39, 0.29) is 12.5 Å². The Balaban J connectivity index is 2.07. The lowest BCUT2D eigenvalue weighted by molar-refractivity contribution is -0.118. The van der Waals surface area contributed by atoms with Gasteiger partial charge in [-0.1, -0.05) is 17.7 Å². The minimum atomic E-state index is -0.292. The summed E-state index contributed by atoms with van der Waals surface area (Å²) < 4.78 is 11.3. The number of anilines is 1. The van der Waals surface area contributed by atoms with Crippen molar-refractivity contribution in [2.24, 2.45) is 0 Å². The first-order valence-corrected chi connectivity index (χ1v) is 8.06. The zero-order chi connectivity index (χ0) is 17.7. The molecule has 0 saturated carbocycles. The van der Waals surface area contributed by atoms with Crippen molar-refractivity contribution >= 4 is 33.8 Å². The maximum absolute atomic E-state index is 12.1. The number of aryl methyl sites for hydroxylation is 2. The lowest BCUT2D eigenvalue weighted by atomic mass is 10.1. The third-order valence-electron chi connectivity index (χ3n) is 3.42. The quantitative estimate of drug-likeness (QED) is 0.758. The molecule has 0 saturated heterocycles. The summed E-state index contributed by atoms with van der Waals surface area (Å²) in [6, 6.07) is 8.93. The largest absolute Gasteiger partial charge is 0.493 e. The van der Waals surface area contributed by atoms with E-state index in [1.807, 2.05) is 32.0 Å². The number of nitrogens with one attached hydrogen (secondary N) is 1. The number of carbonyl (C=O) groups excluding carboxylic acids is 2. The Kier molecular flexibility index (Phi) is 5.98. The van der Waals surface area contributed by atoms with Crippen LogP contribution in [0.25, 0.3) is 0 Å². The molecule has 0 atom stereocenters. The molecule has 0 spiro atoms. The zero-order valence-corrected chi connectivity index (χ0v) is 15.3. The van der Waals surface area contributed by atoms with Gasteiger partial charge in [-0.25, -0.2) is 0 Å². The third-order valence-corrected chi connectivity index (χ3v) is 4.11. The summed E-state index contributed by atoms with van der Waals surface area (Å²) in [7, 11) is 1.49. The van der Waals surface area contributed by atoms with Crippen LogP contribution in [0.2, 0.25) is 0 Å². The van der Waals surface area contributed by atoms with Gasteiger partial charge >= 0.3 is 0 Å². The Hall–Kier alpha value is -2.34. The monoisotopic (exact) mass is 391 g/mol. The number of methoxy groups -OCH3 is 1. The molecule has 0 radical (unpaired) electrons. The predicted molar refractivity (Wildman–Crippen MR) is 96.1 cm³/mol. The van der Waals surface area contributed by atoms with E-state index < -0.39 is 0 Å². The van der Waals surface area contributed by atoms with Gasteiger partial charge in [0, 0.05) is 15.7 Å². The number of rotatable bonds is 6. The fraction of sp³-hybridized carbons (Fsp3) is 0.222. The molecule has 5 nitrogen and oxygen atoms in total. The van der Waals surface area contributed by atoms with Gasteiger partial charge in [-0.2, -0.15) is 0 Å². The van der Waals surface area contributed by atoms with Gasteiger partial charge in [0.1, 0.15) is 0 Å². The van der Waals surface area contributed by atoms with Crippen LogP contribution in [0.5, 0.6) is 11.5 Å². The van der Waals surface area contributed by atoms with E-state index in [0.717, 1.165) is 16.8 Å². The zero-order valence-electron chi connectivity index (χ0n) is 13.7.